The number of nitrogens with one attached hydrogen (secondary N) is 1. The lowest BCUT2D eigenvalue weighted by atomic mass is 10.2. The molecule has 0 radical (unpaired) electrons. The number of hydrogen-bond acceptors (Lipinski definition) is 5. The summed E-state index contributed by atoms with van der Waals surface area (Å²) in [6, 6.07) is 6.00. The van der Waals surface area contributed by atoms with Crippen molar-refractivity contribution in [3.05, 3.63) is 28.8 Å². The summed E-state index contributed by atoms with van der Waals surface area (Å²) in [4.78, 5) is 6.10. The molecule has 0 aliphatic carbocycles. The first kappa shape index (κ1) is 13.4. The highest BCUT2D eigenvalue weighted by Gasteiger charge is 2.16. The number of rotatable bonds is 4. The average molecular weight is 290 g/mol. The molecule has 1 aliphatic rings. The van der Waals surface area contributed by atoms with Crippen molar-refractivity contribution in [1.82, 2.24) is 10.3 Å². The Morgan fingerprint density at radius 1 is 1.35 bits per heavy atom. The largest absolute Gasteiger partial charge is 0.493 e. The molecule has 2 heterocycles. The monoisotopic (exact) mass is 290 g/mol. The van der Waals surface area contributed by atoms with E-state index in [1.54, 1.807) is 18.4 Å². The maximum absolute atomic E-state index is 5.55. The molecule has 1 aromatic carbocycles. The van der Waals surface area contributed by atoms with Gasteiger partial charge >= 0.3 is 0 Å². The first-order valence-electron chi connectivity index (χ1n) is 6.82. The molecule has 0 atom stereocenters. The maximum atomic E-state index is 5.55. The van der Waals surface area contributed by atoms with Crippen LogP contribution in [-0.2, 0) is 13.0 Å². The number of thiazole rings is 1. The fourth-order valence-corrected chi connectivity index (χ4v) is 3.40. The molecular weight excluding hydrogens is 272 g/mol. The molecule has 1 N–H and O–H groups in total. The minimum atomic E-state index is 0.632. The summed E-state index contributed by atoms with van der Waals surface area (Å²) in [5.74, 6) is 1.54. The second kappa shape index (κ2) is 5.81. The van der Waals surface area contributed by atoms with Crippen LogP contribution >= 0.6 is 11.3 Å². The molecule has 0 spiro atoms. The van der Waals surface area contributed by atoms with Gasteiger partial charge in [0.15, 0.2) is 11.5 Å². The SMILES string of the molecule is CCOc1ccc(-c2nc3c(s2)CNCC3)cc1OC. The molecule has 2 aromatic rings. The zero-order valence-corrected chi connectivity index (χ0v) is 12.5. The molecule has 0 unspecified atom stereocenters. The van der Waals surface area contributed by atoms with E-state index in [-0.39, 0.29) is 0 Å². The first-order valence-corrected chi connectivity index (χ1v) is 7.64. The van der Waals surface area contributed by atoms with E-state index >= 15 is 0 Å². The molecule has 106 valence electrons. The Bertz CT molecular complexity index is 586. The lowest BCUT2D eigenvalue weighted by Crippen LogP contribution is -2.22. The van der Waals surface area contributed by atoms with Crippen LogP contribution in [0.3, 0.4) is 0 Å². The third-order valence-corrected chi connectivity index (χ3v) is 4.46. The molecule has 1 aromatic heterocycles. The van der Waals surface area contributed by atoms with E-state index in [0.717, 1.165) is 41.6 Å². The molecule has 20 heavy (non-hydrogen) atoms. The van der Waals surface area contributed by atoms with Crippen LogP contribution in [0.25, 0.3) is 10.6 Å². The number of methoxy groups -OCH3 is 1. The third-order valence-electron chi connectivity index (χ3n) is 3.31. The van der Waals surface area contributed by atoms with E-state index in [2.05, 4.69) is 5.32 Å². The van der Waals surface area contributed by atoms with Crippen molar-refractivity contribution in [2.75, 3.05) is 20.3 Å². The van der Waals surface area contributed by atoms with E-state index < -0.39 is 0 Å². The standard InChI is InChI=1S/C15H18N2O2S/c1-3-19-12-5-4-10(8-13(12)18-2)15-17-11-6-7-16-9-14(11)20-15/h4-5,8,16H,3,6-7,9H2,1-2H3. The highest BCUT2D eigenvalue weighted by Crippen LogP contribution is 2.35. The Hall–Kier alpha value is -1.59. The zero-order valence-electron chi connectivity index (χ0n) is 11.7. The van der Waals surface area contributed by atoms with Gasteiger partial charge in [0.05, 0.1) is 19.4 Å². The van der Waals surface area contributed by atoms with E-state index in [1.165, 1.54) is 10.6 Å². The van der Waals surface area contributed by atoms with Crippen molar-refractivity contribution >= 4 is 11.3 Å². The highest BCUT2D eigenvalue weighted by molar-refractivity contribution is 7.15. The van der Waals surface area contributed by atoms with E-state index in [4.69, 9.17) is 14.5 Å². The Labute approximate surface area is 122 Å². The predicted molar refractivity (Wildman–Crippen MR) is 80.7 cm³/mol. The van der Waals surface area contributed by atoms with Gasteiger partial charge in [0.2, 0.25) is 0 Å². The van der Waals surface area contributed by atoms with Gasteiger partial charge in [-0.1, -0.05) is 0 Å². The number of benzene rings is 1. The van der Waals surface area contributed by atoms with Crippen LogP contribution < -0.4 is 14.8 Å². The van der Waals surface area contributed by atoms with Gasteiger partial charge < -0.3 is 14.8 Å². The molecule has 0 saturated carbocycles. The van der Waals surface area contributed by atoms with Crippen LogP contribution in [0.5, 0.6) is 11.5 Å². The lowest BCUT2D eigenvalue weighted by molar-refractivity contribution is 0.311. The molecule has 0 fully saturated rings. The van der Waals surface area contributed by atoms with Gasteiger partial charge in [0, 0.05) is 30.0 Å². The number of hydrogen-bond donors (Lipinski definition) is 1. The van der Waals surface area contributed by atoms with Crippen LogP contribution in [0, 0.1) is 0 Å². The fourth-order valence-electron chi connectivity index (χ4n) is 2.32. The summed E-state index contributed by atoms with van der Waals surface area (Å²) in [6.45, 7) is 4.55. The quantitative estimate of drug-likeness (QED) is 0.940. The Kier molecular flexibility index (Phi) is 3.89. The Balaban J connectivity index is 1.95. The van der Waals surface area contributed by atoms with E-state index in [0.29, 0.717) is 6.61 Å². The van der Waals surface area contributed by atoms with Crippen LogP contribution in [0.2, 0.25) is 0 Å². The van der Waals surface area contributed by atoms with Crippen LogP contribution in [0.15, 0.2) is 18.2 Å². The van der Waals surface area contributed by atoms with Gasteiger partial charge in [-0.25, -0.2) is 4.98 Å². The highest BCUT2D eigenvalue weighted by atomic mass is 32.1. The van der Waals surface area contributed by atoms with Crippen molar-refractivity contribution < 1.29 is 9.47 Å². The summed E-state index contributed by atoms with van der Waals surface area (Å²) < 4.78 is 10.9. The molecule has 4 nitrogen and oxygen atoms in total. The van der Waals surface area contributed by atoms with Crippen molar-refractivity contribution in [3.63, 3.8) is 0 Å². The minimum Gasteiger partial charge on any atom is -0.493 e. The number of ether oxygens (including phenoxy) is 2. The lowest BCUT2D eigenvalue weighted by Gasteiger charge is -2.09. The van der Waals surface area contributed by atoms with Gasteiger partial charge in [-0.15, -0.1) is 11.3 Å². The summed E-state index contributed by atoms with van der Waals surface area (Å²) in [6.07, 6.45) is 1.01. The maximum Gasteiger partial charge on any atom is 0.161 e. The van der Waals surface area contributed by atoms with Crippen LogP contribution in [-0.4, -0.2) is 25.2 Å². The summed E-state index contributed by atoms with van der Waals surface area (Å²) in [5.41, 5.74) is 2.32. The number of nitrogens with zero attached hydrogens (tertiary/aromatic N) is 1. The molecule has 0 bridgehead atoms. The van der Waals surface area contributed by atoms with Gasteiger partial charge in [-0.05, 0) is 25.1 Å². The first-order chi connectivity index (χ1) is 9.81. The average Bonchev–Trinajstić information content (AvgIpc) is 2.92. The molecule has 0 amide bonds. The molecular formula is C15H18N2O2S. The number of fused-ring (bicyclic) bond motifs is 1. The molecule has 1 aliphatic heterocycles. The van der Waals surface area contributed by atoms with Gasteiger partial charge in [0.25, 0.3) is 0 Å². The topological polar surface area (TPSA) is 43.4 Å². The summed E-state index contributed by atoms with van der Waals surface area (Å²) in [7, 11) is 1.67. The van der Waals surface area contributed by atoms with E-state index in [9.17, 15) is 0 Å². The summed E-state index contributed by atoms with van der Waals surface area (Å²) >= 11 is 1.76. The fraction of sp³-hybridized carbons (Fsp3) is 0.400. The van der Waals surface area contributed by atoms with Crippen molar-refractivity contribution in [3.8, 4) is 22.1 Å². The van der Waals surface area contributed by atoms with E-state index in [1.807, 2.05) is 25.1 Å². The Morgan fingerprint density at radius 3 is 3.00 bits per heavy atom. The van der Waals surface area contributed by atoms with Crippen molar-refractivity contribution in [2.45, 2.75) is 19.9 Å². The molecule has 0 saturated heterocycles. The smallest absolute Gasteiger partial charge is 0.161 e. The van der Waals surface area contributed by atoms with Gasteiger partial charge in [-0.3, -0.25) is 0 Å². The summed E-state index contributed by atoms with van der Waals surface area (Å²) in [5, 5.41) is 4.44. The zero-order chi connectivity index (χ0) is 13.9. The normalized spacial score (nSPS) is 13.9. The molecule has 5 heteroatoms. The van der Waals surface area contributed by atoms with Gasteiger partial charge in [0.1, 0.15) is 5.01 Å². The van der Waals surface area contributed by atoms with Gasteiger partial charge in [-0.2, -0.15) is 0 Å². The minimum absolute atomic E-state index is 0.632. The third kappa shape index (κ3) is 2.51. The van der Waals surface area contributed by atoms with Crippen LogP contribution in [0.4, 0.5) is 0 Å². The van der Waals surface area contributed by atoms with Crippen molar-refractivity contribution in [1.29, 1.82) is 0 Å². The molecule has 3 rings (SSSR count). The van der Waals surface area contributed by atoms with Crippen molar-refractivity contribution in [2.24, 2.45) is 0 Å². The Morgan fingerprint density at radius 2 is 2.25 bits per heavy atom. The second-order valence-corrected chi connectivity index (χ2v) is 5.70. The van der Waals surface area contributed by atoms with Crippen LogP contribution in [0.1, 0.15) is 17.5 Å². The predicted octanol–water partition coefficient (Wildman–Crippen LogP) is 2.86. The number of aromatic nitrogens is 1. The second-order valence-electron chi connectivity index (χ2n) is 4.61.